The minimum absolute atomic E-state index is 0.123. The number of likely N-dealkylation sites (tertiary alicyclic amines) is 1. The summed E-state index contributed by atoms with van der Waals surface area (Å²) in [7, 11) is -3.75. The molecule has 0 amide bonds. The van der Waals surface area contributed by atoms with E-state index in [4.69, 9.17) is 4.74 Å². The summed E-state index contributed by atoms with van der Waals surface area (Å²) in [5.74, 6) is 0.374. The van der Waals surface area contributed by atoms with Crippen LogP contribution in [0.1, 0.15) is 48.9 Å². The molecular formula is C23H24FN3O3S2. The second-order valence-corrected chi connectivity index (χ2v) is 10.7. The predicted molar refractivity (Wildman–Crippen MR) is 122 cm³/mol. The van der Waals surface area contributed by atoms with Crippen LogP contribution in [-0.2, 0) is 10.0 Å². The molecule has 0 bridgehead atoms. The van der Waals surface area contributed by atoms with Crippen molar-refractivity contribution in [2.24, 2.45) is 0 Å². The topological polar surface area (TPSA) is 71.5 Å². The average molecular weight is 474 g/mol. The Balaban J connectivity index is 1.44. The van der Waals surface area contributed by atoms with Crippen molar-refractivity contribution in [3.05, 3.63) is 71.0 Å². The van der Waals surface area contributed by atoms with Gasteiger partial charge in [-0.15, -0.1) is 11.3 Å². The number of fused-ring (bicyclic) bond motifs is 1. The number of sulfonamides is 1. The molecule has 0 saturated carbocycles. The molecule has 2 atom stereocenters. The van der Waals surface area contributed by atoms with Crippen LogP contribution in [0.5, 0.6) is 5.75 Å². The lowest BCUT2D eigenvalue weighted by Crippen LogP contribution is -2.38. The number of rotatable bonds is 5. The third-order valence-corrected chi connectivity index (χ3v) is 8.31. The van der Waals surface area contributed by atoms with Crippen LogP contribution in [0.2, 0.25) is 0 Å². The number of nitrogens with zero attached hydrogens (tertiary/aromatic N) is 2. The lowest BCUT2D eigenvalue weighted by molar-refractivity contribution is 0.0668. The Morgan fingerprint density at radius 3 is 2.72 bits per heavy atom. The molecule has 5 rings (SSSR count). The highest BCUT2D eigenvalue weighted by atomic mass is 32.2. The molecule has 2 aliphatic heterocycles. The molecule has 0 spiro atoms. The Bertz CT molecular complexity index is 1180. The van der Waals surface area contributed by atoms with E-state index in [1.165, 1.54) is 23.5 Å². The van der Waals surface area contributed by atoms with Crippen LogP contribution in [0.3, 0.4) is 0 Å². The molecule has 3 heterocycles. The van der Waals surface area contributed by atoms with Crippen LogP contribution >= 0.6 is 11.3 Å². The Labute approximate surface area is 191 Å². The van der Waals surface area contributed by atoms with Gasteiger partial charge in [-0.1, -0.05) is 24.6 Å². The van der Waals surface area contributed by atoms with Gasteiger partial charge in [0.2, 0.25) is 0 Å². The largest absolute Gasteiger partial charge is 0.493 e. The predicted octanol–water partition coefficient (Wildman–Crippen LogP) is 5.13. The molecule has 0 aliphatic carbocycles. The zero-order chi connectivity index (χ0) is 22.1. The summed E-state index contributed by atoms with van der Waals surface area (Å²) in [5.41, 5.74) is 2.12. The van der Waals surface area contributed by atoms with E-state index < -0.39 is 10.0 Å². The van der Waals surface area contributed by atoms with E-state index in [0.29, 0.717) is 17.5 Å². The first-order valence-corrected chi connectivity index (χ1v) is 13.1. The molecule has 1 aromatic heterocycles. The van der Waals surface area contributed by atoms with Gasteiger partial charge < -0.3 is 4.74 Å². The van der Waals surface area contributed by atoms with Gasteiger partial charge in [-0.3, -0.25) is 9.62 Å². The number of halogens is 1. The second kappa shape index (κ2) is 8.80. The van der Waals surface area contributed by atoms with Gasteiger partial charge in [0, 0.05) is 41.7 Å². The second-order valence-electron chi connectivity index (χ2n) is 8.10. The summed E-state index contributed by atoms with van der Waals surface area (Å²) >= 11 is 1.23. The standard InChI is InChI=1S/C23H24FN3O3S2/c24-17-6-4-16(5-7-17)20-3-1-2-12-27(20)21-10-13-30-22-15-18(8-9-19(21)22)32(28,29)26-23-25-11-14-31-23/h4-9,11,14-15,20-21H,1-3,10,12-13H2,(H,25,26). The van der Waals surface area contributed by atoms with Gasteiger partial charge in [0.25, 0.3) is 10.0 Å². The van der Waals surface area contributed by atoms with Crippen LogP contribution in [0.15, 0.2) is 58.9 Å². The summed E-state index contributed by atoms with van der Waals surface area (Å²) in [6, 6.07) is 12.2. The van der Waals surface area contributed by atoms with Crippen LogP contribution in [0.4, 0.5) is 9.52 Å². The SMILES string of the molecule is O=S(=O)(Nc1nccs1)c1ccc2c(c1)OCCC2N1CCCCC1c1ccc(F)cc1. The first kappa shape index (κ1) is 21.4. The van der Waals surface area contributed by atoms with E-state index in [9.17, 15) is 12.8 Å². The fourth-order valence-electron chi connectivity index (χ4n) is 4.68. The van der Waals surface area contributed by atoms with Gasteiger partial charge in [0.05, 0.1) is 11.5 Å². The lowest BCUT2D eigenvalue weighted by atomic mass is 9.89. The van der Waals surface area contributed by atoms with E-state index in [0.717, 1.165) is 43.4 Å². The Morgan fingerprint density at radius 1 is 1.09 bits per heavy atom. The van der Waals surface area contributed by atoms with E-state index in [1.54, 1.807) is 23.7 Å². The van der Waals surface area contributed by atoms with Crippen molar-refractivity contribution in [3.8, 4) is 5.75 Å². The lowest BCUT2D eigenvalue weighted by Gasteiger charge is -2.43. The van der Waals surface area contributed by atoms with Crippen molar-refractivity contribution in [2.75, 3.05) is 17.9 Å². The van der Waals surface area contributed by atoms with E-state index in [1.807, 2.05) is 18.2 Å². The van der Waals surface area contributed by atoms with Gasteiger partial charge in [-0.05, 0) is 43.1 Å². The number of anilines is 1. The molecule has 32 heavy (non-hydrogen) atoms. The smallest absolute Gasteiger partial charge is 0.263 e. The Hall–Kier alpha value is -2.49. The van der Waals surface area contributed by atoms with Crippen molar-refractivity contribution in [1.29, 1.82) is 0 Å². The number of hydrogen-bond donors (Lipinski definition) is 1. The third-order valence-electron chi connectivity index (χ3n) is 6.16. The minimum atomic E-state index is -3.75. The van der Waals surface area contributed by atoms with Gasteiger partial charge in [0.1, 0.15) is 11.6 Å². The van der Waals surface area contributed by atoms with Crippen molar-refractivity contribution in [3.63, 3.8) is 0 Å². The molecule has 2 unspecified atom stereocenters. The van der Waals surface area contributed by atoms with Crippen LogP contribution in [-0.4, -0.2) is 31.5 Å². The molecule has 2 aromatic carbocycles. The quantitative estimate of drug-likeness (QED) is 0.556. The maximum Gasteiger partial charge on any atom is 0.263 e. The molecule has 1 saturated heterocycles. The number of ether oxygens (including phenoxy) is 1. The number of nitrogens with one attached hydrogen (secondary N) is 1. The third kappa shape index (κ3) is 4.24. The zero-order valence-electron chi connectivity index (χ0n) is 17.4. The highest BCUT2D eigenvalue weighted by Gasteiger charge is 2.34. The fraction of sp³-hybridized carbons (Fsp3) is 0.348. The average Bonchev–Trinajstić information content (AvgIpc) is 3.31. The summed E-state index contributed by atoms with van der Waals surface area (Å²) in [6.45, 7) is 1.46. The maximum atomic E-state index is 13.5. The molecular weight excluding hydrogens is 449 g/mol. The van der Waals surface area contributed by atoms with Crippen LogP contribution in [0.25, 0.3) is 0 Å². The molecule has 6 nitrogen and oxygen atoms in total. The summed E-state index contributed by atoms with van der Waals surface area (Å²) < 4.78 is 47.5. The fourth-order valence-corrected chi connectivity index (χ4v) is 6.48. The van der Waals surface area contributed by atoms with Gasteiger partial charge >= 0.3 is 0 Å². The van der Waals surface area contributed by atoms with Crippen LogP contribution < -0.4 is 9.46 Å². The number of piperidine rings is 1. The van der Waals surface area contributed by atoms with Gasteiger partial charge in [-0.2, -0.15) is 0 Å². The highest BCUT2D eigenvalue weighted by molar-refractivity contribution is 7.93. The minimum Gasteiger partial charge on any atom is -0.493 e. The first-order chi connectivity index (χ1) is 15.5. The zero-order valence-corrected chi connectivity index (χ0v) is 19.0. The molecule has 0 radical (unpaired) electrons. The molecule has 3 aromatic rings. The Kier molecular flexibility index (Phi) is 5.88. The highest BCUT2D eigenvalue weighted by Crippen LogP contribution is 2.44. The number of hydrogen-bond acceptors (Lipinski definition) is 6. The first-order valence-electron chi connectivity index (χ1n) is 10.7. The van der Waals surface area contributed by atoms with Gasteiger partial charge in [-0.25, -0.2) is 17.8 Å². The summed E-state index contributed by atoms with van der Waals surface area (Å²) in [6.07, 6.45) is 5.64. The normalized spacial score (nSPS) is 21.5. The molecule has 1 N–H and O–H groups in total. The van der Waals surface area contributed by atoms with Gasteiger partial charge in [0.15, 0.2) is 5.13 Å². The monoisotopic (exact) mass is 473 g/mol. The number of thiazole rings is 1. The van der Waals surface area contributed by atoms with E-state index in [-0.39, 0.29) is 22.8 Å². The van der Waals surface area contributed by atoms with Crippen LogP contribution in [0, 0.1) is 5.82 Å². The van der Waals surface area contributed by atoms with Crippen molar-refractivity contribution < 1.29 is 17.5 Å². The number of benzene rings is 2. The number of aromatic nitrogens is 1. The summed E-state index contributed by atoms with van der Waals surface area (Å²) in [4.78, 5) is 6.62. The summed E-state index contributed by atoms with van der Waals surface area (Å²) in [5, 5.41) is 2.05. The van der Waals surface area contributed by atoms with E-state index >= 15 is 0 Å². The molecule has 2 aliphatic rings. The van der Waals surface area contributed by atoms with Crippen molar-refractivity contribution in [2.45, 2.75) is 42.7 Å². The van der Waals surface area contributed by atoms with E-state index in [2.05, 4.69) is 14.6 Å². The van der Waals surface area contributed by atoms with Crippen molar-refractivity contribution >= 4 is 26.5 Å². The molecule has 1 fully saturated rings. The van der Waals surface area contributed by atoms with Crippen molar-refractivity contribution in [1.82, 2.24) is 9.88 Å². The Morgan fingerprint density at radius 2 is 1.94 bits per heavy atom. The molecule has 9 heteroatoms. The molecule has 168 valence electrons. The maximum absolute atomic E-state index is 13.5.